The Bertz CT molecular complexity index is 550. The molecule has 2 N–H and O–H groups in total. The van der Waals surface area contributed by atoms with E-state index >= 15 is 0 Å². The second-order valence-corrected chi connectivity index (χ2v) is 4.94. The summed E-state index contributed by atoms with van der Waals surface area (Å²) in [6.07, 6.45) is 4.92. The zero-order chi connectivity index (χ0) is 11.8. The van der Waals surface area contributed by atoms with Crippen molar-refractivity contribution in [1.29, 1.82) is 0 Å². The first-order valence-electron chi connectivity index (χ1n) is 6.13. The topological polar surface area (TPSA) is 42.2 Å². The van der Waals surface area contributed by atoms with E-state index < -0.39 is 0 Å². The minimum absolute atomic E-state index is 0.766. The van der Waals surface area contributed by atoms with Gasteiger partial charge in [-0.2, -0.15) is 0 Å². The van der Waals surface area contributed by atoms with E-state index in [-0.39, 0.29) is 0 Å². The molecule has 1 aliphatic rings. The van der Waals surface area contributed by atoms with Crippen LogP contribution in [0.3, 0.4) is 0 Å². The second kappa shape index (κ2) is 3.91. The summed E-state index contributed by atoms with van der Waals surface area (Å²) in [5.41, 5.74) is 8.34. The summed E-state index contributed by atoms with van der Waals surface area (Å²) < 4.78 is 0. The number of hydrogen-bond donors (Lipinski definition) is 1. The van der Waals surface area contributed by atoms with Gasteiger partial charge in [0.1, 0.15) is 0 Å². The Morgan fingerprint density at radius 1 is 1.35 bits per heavy atom. The summed E-state index contributed by atoms with van der Waals surface area (Å²) in [7, 11) is 0. The summed E-state index contributed by atoms with van der Waals surface area (Å²) >= 11 is 0. The fourth-order valence-electron chi connectivity index (χ4n) is 2.61. The van der Waals surface area contributed by atoms with Crippen molar-refractivity contribution >= 4 is 22.1 Å². The minimum atomic E-state index is 0.766. The fraction of sp³-hybridized carbons (Fsp3) is 0.357. The van der Waals surface area contributed by atoms with Gasteiger partial charge in [0.05, 0.1) is 11.4 Å². The number of pyridine rings is 1. The van der Waals surface area contributed by atoms with Crippen LogP contribution in [0.1, 0.15) is 13.3 Å². The largest absolute Gasteiger partial charge is 0.397 e. The van der Waals surface area contributed by atoms with Crippen molar-refractivity contribution in [2.24, 2.45) is 5.92 Å². The molecule has 0 spiro atoms. The number of fused-ring (bicyclic) bond motifs is 1. The van der Waals surface area contributed by atoms with Crippen LogP contribution < -0.4 is 10.6 Å². The minimum Gasteiger partial charge on any atom is -0.397 e. The van der Waals surface area contributed by atoms with Crippen LogP contribution in [0.5, 0.6) is 0 Å². The summed E-state index contributed by atoms with van der Waals surface area (Å²) in [4.78, 5) is 6.51. The Kier molecular flexibility index (Phi) is 2.39. The number of aromatic nitrogens is 1. The lowest BCUT2D eigenvalue weighted by atomic mass is 10.1. The summed E-state index contributed by atoms with van der Waals surface area (Å²) in [6.45, 7) is 4.52. The molecule has 0 amide bonds. The quantitative estimate of drug-likeness (QED) is 0.762. The first-order valence-corrected chi connectivity index (χ1v) is 6.13. The van der Waals surface area contributed by atoms with Gasteiger partial charge >= 0.3 is 0 Å². The molecular formula is C14H17N3. The van der Waals surface area contributed by atoms with Crippen LogP contribution in [0.2, 0.25) is 0 Å². The normalized spacial score (nSPS) is 20.1. The van der Waals surface area contributed by atoms with Crippen LogP contribution in [0.4, 0.5) is 11.4 Å². The van der Waals surface area contributed by atoms with Crippen molar-refractivity contribution in [2.75, 3.05) is 23.7 Å². The van der Waals surface area contributed by atoms with Gasteiger partial charge in [-0.15, -0.1) is 0 Å². The van der Waals surface area contributed by atoms with Gasteiger partial charge in [0.2, 0.25) is 0 Å². The van der Waals surface area contributed by atoms with E-state index in [9.17, 15) is 0 Å². The molecular weight excluding hydrogens is 210 g/mol. The molecule has 3 heteroatoms. The van der Waals surface area contributed by atoms with Crippen LogP contribution in [0.25, 0.3) is 10.8 Å². The van der Waals surface area contributed by atoms with Gasteiger partial charge in [0.25, 0.3) is 0 Å². The van der Waals surface area contributed by atoms with E-state index in [1.165, 1.54) is 12.1 Å². The molecule has 0 saturated carbocycles. The molecule has 17 heavy (non-hydrogen) atoms. The van der Waals surface area contributed by atoms with E-state index in [0.29, 0.717) is 0 Å². The molecule has 2 aromatic rings. The van der Waals surface area contributed by atoms with Crippen molar-refractivity contribution in [2.45, 2.75) is 13.3 Å². The van der Waals surface area contributed by atoms with E-state index in [1.807, 2.05) is 12.3 Å². The molecule has 1 aromatic carbocycles. The van der Waals surface area contributed by atoms with Gasteiger partial charge in [-0.3, -0.25) is 4.98 Å². The van der Waals surface area contributed by atoms with E-state index in [2.05, 4.69) is 28.9 Å². The number of nitrogens with two attached hydrogens (primary N) is 1. The lowest BCUT2D eigenvalue weighted by Gasteiger charge is -2.21. The van der Waals surface area contributed by atoms with Crippen molar-refractivity contribution in [3.05, 3.63) is 30.6 Å². The second-order valence-electron chi connectivity index (χ2n) is 4.94. The summed E-state index contributed by atoms with van der Waals surface area (Å²) in [5, 5.41) is 2.22. The average molecular weight is 227 g/mol. The van der Waals surface area contributed by atoms with Gasteiger partial charge in [0.15, 0.2) is 0 Å². The van der Waals surface area contributed by atoms with Crippen molar-refractivity contribution in [3.8, 4) is 0 Å². The highest BCUT2D eigenvalue weighted by Gasteiger charge is 2.20. The van der Waals surface area contributed by atoms with Gasteiger partial charge in [-0.1, -0.05) is 13.0 Å². The standard InChI is InChI=1S/C14H17N3/c1-10-5-7-17(9-10)13-3-2-11-8-16-6-4-12(11)14(13)15/h2-4,6,8,10H,5,7,9,15H2,1H3. The van der Waals surface area contributed by atoms with E-state index in [0.717, 1.165) is 35.5 Å². The molecule has 1 aliphatic heterocycles. The maximum atomic E-state index is 6.27. The summed E-state index contributed by atoms with van der Waals surface area (Å²) in [6, 6.07) is 6.22. The Morgan fingerprint density at radius 2 is 2.24 bits per heavy atom. The molecule has 3 rings (SSSR count). The number of hydrogen-bond acceptors (Lipinski definition) is 3. The van der Waals surface area contributed by atoms with Gasteiger partial charge in [-0.05, 0) is 24.5 Å². The smallest absolute Gasteiger partial charge is 0.0632 e. The highest BCUT2D eigenvalue weighted by atomic mass is 15.2. The molecule has 1 aromatic heterocycles. The molecule has 3 nitrogen and oxygen atoms in total. The molecule has 1 fully saturated rings. The summed E-state index contributed by atoms with van der Waals surface area (Å²) in [5.74, 6) is 0.766. The zero-order valence-electron chi connectivity index (χ0n) is 10.1. The molecule has 0 bridgehead atoms. The Morgan fingerprint density at radius 3 is 3.00 bits per heavy atom. The van der Waals surface area contributed by atoms with Crippen LogP contribution in [0, 0.1) is 5.92 Å². The SMILES string of the molecule is CC1CCN(c2ccc3cnccc3c2N)C1. The monoisotopic (exact) mass is 227 g/mol. The predicted octanol–water partition coefficient (Wildman–Crippen LogP) is 2.66. The molecule has 2 heterocycles. The van der Waals surface area contributed by atoms with Crippen LogP contribution in [0.15, 0.2) is 30.6 Å². The molecule has 1 saturated heterocycles. The third-order valence-electron chi connectivity index (χ3n) is 3.60. The maximum absolute atomic E-state index is 6.27. The van der Waals surface area contributed by atoms with Crippen molar-refractivity contribution in [1.82, 2.24) is 4.98 Å². The third-order valence-corrected chi connectivity index (χ3v) is 3.60. The number of rotatable bonds is 1. The van der Waals surface area contributed by atoms with Gasteiger partial charge in [0, 0.05) is 36.3 Å². The zero-order valence-corrected chi connectivity index (χ0v) is 10.1. The highest BCUT2D eigenvalue weighted by molar-refractivity contribution is 5.98. The molecule has 0 radical (unpaired) electrons. The maximum Gasteiger partial charge on any atom is 0.0632 e. The van der Waals surface area contributed by atoms with Crippen LogP contribution in [-0.2, 0) is 0 Å². The number of nitrogen functional groups attached to an aromatic ring is 1. The van der Waals surface area contributed by atoms with Gasteiger partial charge in [-0.25, -0.2) is 0 Å². The Hall–Kier alpha value is -1.77. The first kappa shape index (κ1) is 10.4. The number of nitrogens with zero attached hydrogens (tertiary/aromatic N) is 2. The molecule has 88 valence electrons. The van der Waals surface area contributed by atoms with Crippen LogP contribution >= 0.6 is 0 Å². The lowest BCUT2D eigenvalue weighted by molar-refractivity contribution is 0.659. The molecule has 1 unspecified atom stereocenters. The van der Waals surface area contributed by atoms with E-state index in [4.69, 9.17) is 5.73 Å². The highest BCUT2D eigenvalue weighted by Crippen LogP contribution is 2.33. The number of anilines is 2. The van der Waals surface area contributed by atoms with Gasteiger partial charge < -0.3 is 10.6 Å². The average Bonchev–Trinajstić information content (AvgIpc) is 2.77. The van der Waals surface area contributed by atoms with Crippen LogP contribution in [-0.4, -0.2) is 18.1 Å². The molecule has 1 atom stereocenters. The fourth-order valence-corrected chi connectivity index (χ4v) is 2.61. The number of benzene rings is 1. The predicted molar refractivity (Wildman–Crippen MR) is 72.1 cm³/mol. The van der Waals surface area contributed by atoms with Crippen molar-refractivity contribution < 1.29 is 0 Å². The third kappa shape index (κ3) is 1.71. The Balaban J connectivity index is 2.08. The molecule has 0 aliphatic carbocycles. The van der Waals surface area contributed by atoms with Crippen molar-refractivity contribution in [3.63, 3.8) is 0 Å². The lowest BCUT2D eigenvalue weighted by Crippen LogP contribution is -2.20. The Labute approximate surface area is 101 Å². The van der Waals surface area contributed by atoms with E-state index in [1.54, 1.807) is 6.20 Å². The first-order chi connectivity index (χ1) is 8.25.